The van der Waals surface area contributed by atoms with Crippen molar-refractivity contribution in [3.05, 3.63) is 78.1 Å². The van der Waals surface area contributed by atoms with Crippen LogP contribution in [0.5, 0.6) is 0 Å². The molecule has 1 atom stereocenters. The van der Waals surface area contributed by atoms with Gasteiger partial charge >= 0.3 is 0 Å². The van der Waals surface area contributed by atoms with E-state index in [4.69, 9.17) is 0 Å². The molecule has 1 amide bonds. The summed E-state index contributed by atoms with van der Waals surface area (Å²) < 4.78 is 0. The minimum absolute atomic E-state index is 0.0292. The monoisotopic (exact) mass is 291 g/mol. The summed E-state index contributed by atoms with van der Waals surface area (Å²) in [7, 11) is 0. The molecule has 110 valence electrons. The molecule has 0 spiro atoms. The summed E-state index contributed by atoms with van der Waals surface area (Å²) in [5.74, 6) is 0.715. The number of rotatable bonds is 4. The van der Waals surface area contributed by atoms with E-state index in [9.17, 15) is 4.79 Å². The van der Waals surface area contributed by atoms with E-state index in [0.29, 0.717) is 5.56 Å². The Hall–Kier alpha value is -2.88. The third-order valence-electron chi connectivity index (χ3n) is 3.57. The van der Waals surface area contributed by atoms with E-state index >= 15 is 0 Å². The third-order valence-corrected chi connectivity index (χ3v) is 3.57. The lowest BCUT2D eigenvalue weighted by molar-refractivity contribution is 0.0940. The van der Waals surface area contributed by atoms with E-state index in [-0.39, 0.29) is 11.9 Å². The maximum Gasteiger partial charge on any atom is 0.251 e. The van der Waals surface area contributed by atoms with E-state index in [0.717, 1.165) is 17.0 Å². The number of carbonyl (C=O) groups is 1. The Morgan fingerprint density at radius 2 is 1.82 bits per heavy atom. The molecule has 1 heterocycles. The Labute approximate surface area is 129 Å². The SMILES string of the molecule is CC(NC(=O)c1ccc(-c2ncc[nH]2)cc1)c1ccccc1. The molecular weight excluding hydrogens is 274 g/mol. The van der Waals surface area contributed by atoms with Crippen LogP contribution in [0.3, 0.4) is 0 Å². The highest BCUT2D eigenvalue weighted by molar-refractivity contribution is 5.94. The van der Waals surface area contributed by atoms with Gasteiger partial charge in [0, 0.05) is 23.5 Å². The van der Waals surface area contributed by atoms with Gasteiger partial charge in [-0.25, -0.2) is 4.98 Å². The average molecular weight is 291 g/mol. The summed E-state index contributed by atoms with van der Waals surface area (Å²) >= 11 is 0. The molecule has 0 saturated carbocycles. The number of nitrogens with one attached hydrogen (secondary N) is 2. The van der Waals surface area contributed by atoms with Crippen LogP contribution in [0.1, 0.15) is 28.9 Å². The zero-order chi connectivity index (χ0) is 15.4. The molecular formula is C18H17N3O. The molecule has 2 aromatic carbocycles. The van der Waals surface area contributed by atoms with E-state index < -0.39 is 0 Å². The molecule has 0 aliphatic rings. The van der Waals surface area contributed by atoms with Crippen molar-refractivity contribution in [3.8, 4) is 11.4 Å². The number of H-pyrrole nitrogens is 1. The van der Waals surface area contributed by atoms with Gasteiger partial charge in [-0.2, -0.15) is 0 Å². The van der Waals surface area contributed by atoms with Crippen LogP contribution >= 0.6 is 0 Å². The smallest absolute Gasteiger partial charge is 0.251 e. The lowest BCUT2D eigenvalue weighted by Gasteiger charge is -2.14. The molecule has 0 saturated heterocycles. The Bertz CT molecular complexity index is 734. The van der Waals surface area contributed by atoms with Gasteiger partial charge in [0.25, 0.3) is 5.91 Å². The molecule has 4 nitrogen and oxygen atoms in total. The number of carbonyl (C=O) groups excluding carboxylic acids is 1. The number of aromatic nitrogens is 2. The van der Waals surface area contributed by atoms with Gasteiger partial charge in [-0.05, 0) is 24.6 Å². The number of amides is 1. The first-order valence-electron chi connectivity index (χ1n) is 7.19. The van der Waals surface area contributed by atoms with Crippen molar-refractivity contribution in [3.63, 3.8) is 0 Å². The molecule has 0 fully saturated rings. The van der Waals surface area contributed by atoms with Crippen LogP contribution in [0, 0.1) is 0 Å². The van der Waals surface area contributed by atoms with Gasteiger partial charge < -0.3 is 10.3 Å². The summed E-state index contributed by atoms with van der Waals surface area (Å²) in [4.78, 5) is 19.5. The van der Waals surface area contributed by atoms with Crippen LogP contribution in [-0.2, 0) is 0 Å². The van der Waals surface area contributed by atoms with Crippen molar-refractivity contribution in [1.29, 1.82) is 0 Å². The first-order chi connectivity index (χ1) is 10.7. The van der Waals surface area contributed by atoms with Crippen molar-refractivity contribution >= 4 is 5.91 Å². The first kappa shape index (κ1) is 14.1. The zero-order valence-corrected chi connectivity index (χ0v) is 12.3. The topological polar surface area (TPSA) is 57.8 Å². The van der Waals surface area contributed by atoms with Gasteiger partial charge in [0.05, 0.1) is 6.04 Å². The van der Waals surface area contributed by atoms with Crippen LogP contribution < -0.4 is 5.32 Å². The molecule has 0 aliphatic heterocycles. The quantitative estimate of drug-likeness (QED) is 0.772. The Morgan fingerprint density at radius 1 is 1.09 bits per heavy atom. The van der Waals surface area contributed by atoms with Crippen molar-refractivity contribution in [2.45, 2.75) is 13.0 Å². The fraction of sp³-hybridized carbons (Fsp3) is 0.111. The Morgan fingerprint density at radius 3 is 2.45 bits per heavy atom. The zero-order valence-electron chi connectivity index (χ0n) is 12.3. The van der Waals surface area contributed by atoms with Gasteiger partial charge in [0.1, 0.15) is 5.82 Å². The van der Waals surface area contributed by atoms with E-state index in [1.165, 1.54) is 0 Å². The maximum atomic E-state index is 12.3. The summed E-state index contributed by atoms with van der Waals surface area (Å²) in [6, 6.07) is 17.3. The van der Waals surface area contributed by atoms with E-state index in [1.807, 2.05) is 61.5 Å². The molecule has 4 heteroatoms. The molecule has 3 aromatic rings. The molecule has 1 unspecified atom stereocenters. The second kappa shape index (κ2) is 6.26. The van der Waals surface area contributed by atoms with Crippen molar-refractivity contribution in [2.24, 2.45) is 0 Å². The second-order valence-electron chi connectivity index (χ2n) is 5.12. The molecule has 0 aliphatic carbocycles. The number of hydrogen-bond acceptors (Lipinski definition) is 2. The summed E-state index contributed by atoms with van der Waals surface area (Å²) in [6.07, 6.45) is 3.48. The largest absolute Gasteiger partial charge is 0.346 e. The number of nitrogens with zero attached hydrogens (tertiary/aromatic N) is 1. The highest BCUT2D eigenvalue weighted by Gasteiger charge is 2.11. The number of benzene rings is 2. The van der Waals surface area contributed by atoms with Gasteiger partial charge in [0.2, 0.25) is 0 Å². The number of aromatic amines is 1. The standard InChI is InChI=1S/C18H17N3O/c1-13(14-5-3-2-4-6-14)21-18(22)16-9-7-15(8-10-16)17-19-11-12-20-17/h2-13H,1H3,(H,19,20)(H,21,22). The maximum absolute atomic E-state index is 12.3. The summed E-state index contributed by atoms with van der Waals surface area (Å²) in [6.45, 7) is 1.98. The van der Waals surface area contributed by atoms with E-state index in [1.54, 1.807) is 12.4 Å². The molecule has 1 aromatic heterocycles. The lowest BCUT2D eigenvalue weighted by Crippen LogP contribution is -2.26. The van der Waals surface area contributed by atoms with Gasteiger partial charge in [-0.3, -0.25) is 4.79 Å². The molecule has 2 N–H and O–H groups in total. The predicted octanol–water partition coefficient (Wildman–Crippen LogP) is 3.57. The van der Waals surface area contributed by atoms with E-state index in [2.05, 4.69) is 15.3 Å². The van der Waals surface area contributed by atoms with Crippen LogP contribution in [0.25, 0.3) is 11.4 Å². The van der Waals surface area contributed by atoms with Crippen molar-refractivity contribution in [2.75, 3.05) is 0 Å². The molecule has 0 radical (unpaired) electrons. The van der Waals surface area contributed by atoms with Crippen LogP contribution in [-0.4, -0.2) is 15.9 Å². The first-order valence-corrected chi connectivity index (χ1v) is 7.19. The van der Waals surface area contributed by atoms with Crippen molar-refractivity contribution in [1.82, 2.24) is 15.3 Å². The molecule has 3 rings (SSSR count). The summed E-state index contributed by atoms with van der Waals surface area (Å²) in [5.41, 5.74) is 2.68. The molecule has 22 heavy (non-hydrogen) atoms. The van der Waals surface area contributed by atoms with Crippen LogP contribution in [0.15, 0.2) is 67.0 Å². The number of imidazole rings is 1. The second-order valence-corrected chi connectivity index (χ2v) is 5.12. The highest BCUT2D eigenvalue weighted by atomic mass is 16.1. The average Bonchev–Trinajstić information content (AvgIpc) is 3.10. The minimum Gasteiger partial charge on any atom is -0.346 e. The Balaban J connectivity index is 1.70. The third kappa shape index (κ3) is 3.06. The van der Waals surface area contributed by atoms with Crippen molar-refractivity contribution < 1.29 is 4.79 Å². The van der Waals surface area contributed by atoms with Gasteiger partial charge in [0.15, 0.2) is 0 Å². The van der Waals surface area contributed by atoms with Crippen LogP contribution in [0.2, 0.25) is 0 Å². The van der Waals surface area contributed by atoms with Gasteiger partial charge in [-0.1, -0.05) is 42.5 Å². The summed E-state index contributed by atoms with van der Waals surface area (Å²) in [5, 5.41) is 3.00. The minimum atomic E-state index is -0.0812. The fourth-order valence-corrected chi connectivity index (χ4v) is 2.31. The fourth-order valence-electron chi connectivity index (χ4n) is 2.31. The lowest BCUT2D eigenvalue weighted by atomic mass is 10.1. The predicted molar refractivity (Wildman–Crippen MR) is 86.3 cm³/mol. The van der Waals surface area contributed by atoms with Crippen LogP contribution in [0.4, 0.5) is 0 Å². The normalized spacial score (nSPS) is 11.9. The van der Waals surface area contributed by atoms with Gasteiger partial charge in [-0.15, -0.1) is 0 Å². The Kier molecular flexibility index (Phi) is 4.01. The molecule has 0 bridgehead atoms. The highest BCUT2D eigenvalue weighted by Crippen LogP contribution is 2.16. The number of hydrogen-bond donors (Lipinski definition) is 2.